The number of nitro groups is 1. The molecule has 2 aromatic carbocycles. The van der Waals surface area contributed by atoms with Crippen LogP contribution in [0.25, 0.3) is 0 Å². The number of carbonyl (C=O) groups is 1. The van der Waals surface area contributed by atoms with Gasteiger partial charge in [0.15, 0.2) is 0 Å². The maximum absolute atomic E-state index is 12.0. The second kappa shape index (κ2) is 9.20. The standard InChI is InChI=1S/C22H23N3O4/c1-16(25(27)28)12-17-13-19-8-10-24(21(19)20(14-17)15-23)9-5-11-29-22(26)18-6-3-2-4-7-18/h2-4,6-7,13-14,16H,5,8-12H2,1H3/t16-/m1/s1. The number of carbonyl (C=O) groups excluding carboxylic acids is 1. The Hall–Kier alpha value is -3.40. The highest BCUT2D eigenvalue weighted by molar-refractivity contribution is 5.89. The molecule has 0 spiro atoms. The second-order valence-electron chi connectivity index (χ2n) is 7.19. The summed E-state index contributed by atoms with van der Waals surface area (Å²) < 4.78 is 5.32. The molecular weight excluding hydrogens is 370 g/mol. The molecule has 0 fully saturated rings. The summed E-state index contributed by atoms with van der Waals surface area (Å²) in [4.78, 5) is 24.7. The lowest BCUT2D eigenvalue weighted by molar-refractivity contribution is -0.517. The first-order valence-corrected chi connectivity index (χ1v) is 9.66. The minimum Gasteiger partial charge on any atom is -0.462 e. The van der Waals surface area contributed by atoms with Crippen LogP contribution in [0.15, 0.2) is 42.5 Å². The third kappa shape index (κ3) is 4.91. The monoisotopic (exact) mass is 393 g/mol. The fraction of sp³-hybridized carbons (Fsp3) is 0.364. The molecule has 7 nitrogen and oxygen atoms in total. The molecular formula is C22H23N3O4. The smallest absolute Gasteiger partial charge is 0.338 e. The summed E-state index contributed by atoms with van der Waals surface area (Å²) in [6.45, 7) is 3.33. The lowest BCUT2D eigenvalue weighted by atomic mass is 9.99. The summed E-state index contributed by atoms with van der Waals surface area (Å²) in [6.07, 6.45) is 1.77. The van der Waals surface area contributed by atoms with E-state index in [-0.39, 0.29) is 10.9 Å². The third-order valence-corrected chi connectivity index (χ3v) is 5.04. The number of fused-ring (bicyclic) bond motifs is 1. The van der Waals surface area contributed by atoms with Gasteiger partial charge in [-0.25, -0.2) is 4.79 Å². The third-order valence-electron chi connectivity index (χ3n) is 5.04. The predicted octanol–water partition coefficient (Wildman–Crippen LogP) is 3.38. The zero-order valence-electron chi connectivity index (χ0n) is 16.3. The molecule has 0 bridgehead atoms. The molecule has 0 aromatic heterocycles. The molecule has 0 N–H and O–H groups in total. The first kappa shape index (κ1) is 20.3. The van der Waals surface area contributed by atoms with Gasteiger partial charge in [0.05, 0.1) is 23.4 Å². The molecule has 1 heterocycles. The summed E-state index contributed by atoms with van der Waals surface area (Å²) >= 11 is 0. The molecule has 7 heteroatoms. The fourth-order valence-corrected chi connectivity index (χ4v) is 3.61. The van der Waals surface area contributed by atoms with Crippen molar-refractivity contribution in [3.63, 3.8) is 0 Å². The minimum absolute atomic E-state index is 0.303. The Bertz CT molecular complexity index is 937. The Morgan fingerprint density at radius 3 is 2.79 bits per heavy atom. The number of nitriles is 1. The van der Waals surface area contributed by atoms with Crippen molar-refractivity contribution in [1.82, 2.24) is 0 Å². The van der Waals surface area contributed by atoms with E-state index in [0.29, 0.717) is 37.1 Å². The van der Waals surface area contributed by atoms with Gasteiger partial charge in [-0.05, 0) is 42.2 Å². The molecule has 0 amide bonds. The summed E-state index contributed by atoms with van der Waals surface area (Å²) in [5, 5.41) is 20.5. The van der Waals surface area contributed by atoms with Gasteiger partial charge < -0.3 is 9.64 Å². The molecule has 0 unspecified atom stereocenters. The van der Waals surface area contributed by atoms with Crippen LogP contribution in [0.1, 0.15) is 40.4 Å². The Kier molecular flexibility index (Phi) is 6.45. The second-order valence-corrected chi connectivity index (χ2v) is 7.19. The van der Waals surface area contributed by atoms with Gasteiger partial charge in [-0.2, -0.15) is 5.26 Å². The van der Waals surface area contributed by atoms with Crippen LogP contribution in [0, 0.1) is 21.4 Å². The van der Waals surface area contributed by atoms with Crippen molar-refractivity contribution in [2.45, 2.75) is 32.2 Å². The molecule has 0 aliphatic carbocycles. The van der Waals surface area contributed by atoms with Gasteiger partial charge in [-0.3, -0.25) is 10.1 Å². The number of hydrogen-bond donors (Lipinski definition) is 0. The Balaban J connectivity index is 1.59. The molecule has 3 rings (SSSR count). The normalized spacial score (nSPS) is 13.4. The number of rotatable bonds is 8. The number of hydrogen-bond acceptors (Lipinski definition) is 6. The first-order chi connectivity index (χ1) is 14.0. The molecule has 0 saturated heterocycles. The maximum Gasteiger partial charge on any atom is 0.338 e. The van der Waals surface area contributed by atoms with E-state index in [4.69, 9.17) is 4.74 Å². The number of ether oxygens (including phenoxy) is 1. The van der Waals surface area contributed by atoms with Crippen molar-refractivity contribution < 1.29 is 14.5 Å². The quantitative estimate of drug-likeness (QED) is 0.295. The zero-order chi connectivity index (χ0) is 20.8. The molecule has 1 aliphatic rings. The minimum atomic E-state index is -0.684. The van der Waals surface area contributed by atoms with Crippen molar-refractivity contribution in [3.05, 3.63) is 74.8 Å². The zero-order valence-corrected chi connectivity index (χ0v) is 16.3. The predicted molar refractivity (Wildman–Crippen MR) is 109 cm³/mol. The lowest BCUT2D eigenvalue weighted by Gasteiger charge is -2.21. The molecule has 1 aliphatic heterocycles. The molecule has 0 saturated carbocycles. The molecule has 1 atom stereocenters. The Morgan fingerprint density at radius 2 is 2.10 bits per heavy atom. The summed E-state index contributed by atoms with van der Waals surface area (Å²) in [5.74, 6) is -0.338. The average molecular weight is 393 g/mol. The van der Waals surface area contributed by atoms with Gasteiger partial charge in [0.2, 0.25) is 6.04 Å². The molecule has 2 aromatic rings. The maximum atomic E-state index is 12.0. The SMILES string of the molecule is C[C@H](Cc1cc(C#N)c2c(c1)CCN2CCCOC(=O)c1ccccc1)[N+](=O)[O-]. The molecule has 29 heavy (non-hydrogen) atoms. The van der Waals surface area contributed by atoms with Crippen LogP contribution in [0.5, 0.6) is 0 Å². The van der Waals surface area contributed by atoms with E-state index >= 15 is 0 Å². The van der Waals surface area contributed by atoms with Crippen LogP contribution in [0.3, 0.4) is 0 Å². The van der Waals surface area contributed by atoms with Crippen molar-refractivity contribution in [2.75, 3.05) is 24.6 Å². The highest BCUT2D eigenvalue weighted by Crippen LogP contribution is 2.33. The summed E-state index contributed by atoms with van der Waals surface area (Å²) in [6, 6.07) is 14.2. The van der Waals surface area contributed by atoms with Gasteiger partial charge in [0.25, 0.3) is 0 Å². The summed E-state index contributed by atoms with van der Waals surface area (Å²) in [5.41, 5.74) is 3.85. The van der Waals surface area contributed by atoms with Crippen molar-refractivity contribution >= 4 is 11.7 Å². The van der Waals surface area contributed by atoms with Crippen LogP contribution in [-0.4, -0.2) is 36.6 Å². The van der Waals surface area contributed by atoms with Crippen molar-refractivity contribution in [1.29, 1.82) is 5.26 Å². The highest BCUT2D eigenvalue weighted by atomic mass is 16.6. The Morgan fingerprint density at radius 1 is 1.34 bits per heavy atom. The van der Waals surface area contributed by atoms with Crippen LogP contribution >= 0.6 is 0 Å². The van der Waals surface area contributed by atoms with Gasteiger partial charge in [0, 0.05) is 31.4 Å². The molecule has 150 valence electrons. The van der Waals surface area contributed by atoms with Gasteiger partial charge in [-0.1, -0.05) is 24.3 Å². The topological polar surface area (TPSA) is 96.5 Å². The van der Waals surface area contributed by atoms with E-state index in [9.17, 15) is 20.2 Å². The first-order valence-electron chi connectivity index (χ1n) is 9.66. The van der Waals surface area contributed by atoms with Crippen LogP contribution in [0.2, 0.25) is 0 Å². The summed E-state index contributed by atoms with van der Waals surface area (Å²) in [7, 11) is 0. The van der Waals surface area contributed by atoms with E-state index in [2.05, 4.69) is 11.0 Å². The average Bonchev–Trinajstić information content (AvgIpc) is 3.14. The van der Waals surface area contributed by atoms with Crippen LogP contribution in [-0.2, 0) is 17.6 Å². The molecule has 0 radical (unpaired) electrons. The lowest BCUT2D eigenvalue weighted by Crippen LogP contribution is -2.24. The highest BCUT2D eigenvalue weighted by Gasteiger charge is 2.24. The van der Waals surface area contributed by atoms with E-state index in [1.54, 1.807) is 37.3 Å². The fourth-order valence-electron chi connectivity index (χ4n) is 3.61. The van der Waals surface area contributed by atoms with E-state index in [1.807, 2.05) is 12.1 Å². The van der Waals surface area contributed by atoms with Crippen LogP contribution < -0.4 is 4.90 Å². The number of esters is 1. The van der Waals surface area contributed by atoms with E-state index < -0.39 is 6.04 Å². The van der Waals surface area contributed by atoms with E-state index in [1.165, 1.54) is 0 Å². The van der Waals surface area contributed by atoms with Gasteiger partial charge in [-0.15, -0.1) is 0 Å². The van der Waals surface area contributed by atoms with Gasteiger partial charge in [0.1, 0.15) is 6.07 Å². The Labute approximate surface area is 169 Å². The van der Waals surface area contributed by atoms with Crippen molar-refractivity contribution in [3.8, 4) is 6.07 Å². The van der Waals surface area contributed by atoms with E-state index in [0.717, 1.165) is 29.8 Å². The van der Waals surface area contributed by atoms with Crippen molar-refractivity contribution in [2.24, 2.45) is 0 Å². The number of benzene rings is 2. The largest absolute Gasteiger partial charge is 0.462 e. The number of anilines is 1. The van der Waals surface area contributed by atoms with Gasteiger partial charge >= 0.3 is 5.97 Å². The van der Waals surface area contributed by atoms with Crippen LogP contribution in [0.4, 0.5) is 5.69 Å². The number of nitrogens with zero attached hydrogens (tertiary/aromatic N) is 3.